The first-order valence-electron chi connectivity index (χ1n) is 8.52. The molecule has 8 nitrogen and oxygen atoms in total. The summed E-state index contributed by atoms with van der Waals surface area (Å²) in [4.78, 5) is 11.8. The van der Waals surface area contributed by atoms with Gasteiger partial charge in [-0.25, -0.2) is 0 Å². The number of esters is 1. The molecule has 0 aromatic rings. The molecule has 0 rings (SSSR count). The molecule has 25 heavy (non-hydrogen) atoms. The fourth-order valence-electron chi connectivity index (χ4n) is 2.15. The van der Waals surface area contributed by atoms with E-state index in [0.717, 1.165) is 0 Å². The van der Waals surface area contributed by atoms with E-state index >= 15 is 0 Å². The van der Waals surface area contributed by atoms with Crippen LogP contribution in [0.3, 0.4) is 0 Å². The molecule has 0 aliphatic carbocycles. The van der Waals surface area contributed by atoms with E-state index in [1.165, 1.54) is 0 Å². The highest BCUT2D eigenvalue weighted by Gasteiger charge is 2.22. The van der Waals surface area contributed by atoms with Gasteiger partial charge in [0.2, 0.25) is 0 Å². The van der Waals surface area contributed by atoms with Crippen molar-refractivity contribution in [2.75, 3.05) is 39.6 Å². The predicted octanol–water partition coefficient (Wildman–Crippen LogP) is -0.290. The molecule has 8 heteroatoms. The summed E-state index contributed by atoms with van der Waals surface area (Å²) >= 11 is 0. The van der Waals surface area contributed by atoms with Crippen LogP contribution in [0.5, 0.6) is 0 Å². The second kappa shape index (κ2) is 12.6. The Labute approximate surface area is 149 Å². The van der Waals surface area contributed by atoms with Crippen LogP contribution in [-0.2, 0) is 19.0 Å². The van der Waals surface area contributed by atoms with Gasteiger partial charge < -0.3 is 34.6 Å². The largest absolute Gasteiger partial charge is 0.463 e. The lowest BCUT2D eigenvalue weighted by molar-refractivity contribution is -0.153. The number of hydrogen-bond acceptors (Lipinski definition) is 8. The molecular weight excluding hydrogens is 332 g/mol. The number of aliphatic hydroxyl groups excluding tert-OH is 4. The Morgan fingerprint density at radius 1 is 0.880 bits per heavy atom. The van der Waals surface area contributed by atoms with E-state index in [0.29, 0.717) is 6.42 Å². The van der Waals surface area contributed by atoms with Gasteiger partial charge in [-0.15, -0.1) is 0 Å². The van der Waals surface area contributed by atoms with E-state index in [2.05, 4.69) is 0 Å². The molecule has 4 unspecified atom stereocenters. The average molecular weight is 366 g/mol. The Morgan fingerprint density at radius 2 is 1.32 bits per heavy atom. The first-order valence-corrected chi connectivity index (χ1v) is 8.52. The molecule has 0 radical (unpaired) electrons. The van der Waals surface area contributed by atoms with Gasteiger partial charge in [0.15, 0.2) is 0 Å². The minimum absolute atomic E-state index is 0.0194. The number of hydrogen-bond donors (Lipinski definition) is 4. The van der Waals surface area contributed by atoms with Crippen molar-refractivity contribution in [3.05, 3.63) is 0 Å². The minimum atomic E-state index is -0.981. The van der Waals surface area contributed by atoms with E-state index in [4.69, 9.17) is 24.4 Å². The van der Waals surface area contributed by atoms with Crippen molar-refractivity contribution in [2.24, 2.45) is 11.3 Å². The van der Waals surface area contributed by atoms with Gasteiger partial charge in [-0.3, -0.25) is 4.79 Å². The molecule has 0 bridgehead atoms. The summed E-state index contributed by atoms with van der Waals surface area (Å²) in [5.41, 5.74) is 0.0194. The topological polar surface area (TPSA) is 126 Å². The standard InChI is InChI=1S/C17H34O8/c1-12(5-17(2,3)4)16(22)25-11-15(21)10-24-9-14(20)8-23-7-13(19)6-18/h12-15,18-21H,5-11H2,1-4H3. The van der Waals surface area contributed by atoms with Gasteiger partial charge in [0, 0.05) is 0 Å². The fraction of sp³-hybridized carbons (Fsp3) is 0.941. The second-order valence-electron chi connectivity index (χ2n) is 7.51. The van der Waals surface area contributed by atoms with Gasteiger partial charge in [-0.1, -0.05) is 27.7 Å². The lowest BCUT2D eigenvalue weighted by Gasteiger charge is -2.22. The molecule has 4 N–H and O–H groups in total. The molecular formula is C17H34O8. The number of carbonyl (C=O) groups is 1. The molecule has 0 spiro atoms. The van der Waals surface area contributed by atoms with E-state index in [9.17, 15) is 15.0 Å². The zero-order chi connectivity index (χ0) is 19.5. The van der Waals surface area contributed by atoms with Gasteiger partial charge in [0.05, 0.1) is 39.0 Å². The van der Waals surface area contributed by atoms with Crippen LogP contribution in [0, 0.1) is 11.3 Å². The molecule has 0 aliphatic rings. The maximum Gasteiger partial charge on any atom is 0.308 e. The van der Waals surface area contributed by atoms with E-state index in [1.54, 1.807) is 6.92 Å². The molecule has 0 heterocycles. The smallest absolute Gasteiger partial charge is 0.308 e. The number of aliphatic hydroxyl groups is 4. The predicted molar refractivity (Wildman–Crippen MR) is 90.9 cm³/mol. The molecule has 0 aromatic heterocycles. The molecule has 0 aromatic carbocycles. The molecule has 0 amide bonds. The first-order chi connectivity index (χ1) is 11.5. The SMILES string of the molecule is CC(CC(C)(C)C)C(=O)OCC(O)COCC(O)COCC(O)CO. The maximum absolute atomic E-state index is 11.8. The third-order valence-electron chi connectivity index (χ3n) is 3.19. The normalized spacial score (nSPS) is 17.0. The van der Waals surface area contributed by atoms with Crippen molar-refractivity contribution in [2.45, 2.75) is 52.4 Å². The lowest BCUT2D eigenvalue weighted by Crippen LogP contribution is -2.30. The summed E-state index contributed by atoms with van der Waals surface area (Å²) in [7, 11) is 0. The van der Waals surface area contributed by atoms with Crippen molar-refractivity contribution in [1.29, 1.82) is 0 Å². The third kappa shape index (κ3) is 14.1. The molecule has 0 saturated heterocycles. The summed E-state index contributed by atoms with van der Waals surface area (Å²) in [6.45, 7) is 7.04. The molecule has 0 saturated carbocycles. The van der Waals surface area contributed by atoms with Crippen molar-refractivity contribution in [1.82, 2.24) is 0 Å². The molecule has 0 fully saturated rings. The van der Waals surface area contributed by atoms with E-state index < -0.39 is 24.9 Å². The van der Waals surface area contributed by atoms with Crippen molar-refractivity contribution in [3.8, 4) is 0 Å². The monoisotopic (exact) mass is 366 g/mol. The van der Waals surface area contributed by atoms with Crippen molar-refractivity contribution < 1.29 is 39.4 Å². The average Bonchev–Trinajstić information content (AvgIpc) is 2.50. The lowest BCUT2D eigenvalue weighted by atomic mass is 9.85. The quantitative estimate of drug-likeness (QED) is 0.328. The molecule has 0 aliphatic heterocycles. The number of rotatable bonds is 13. The summed E-state index contributed by atoms with van der Waals surface area (Å²) in [6.07, 6.45) is -2.19. The molecule has 150 valence electrons. The fourth-order valence-corrected chi connectivity index (χ4v) is 2.15. The van der Waals surface area contributed by atoms with Crippen LogP contribution in [0.2, 0.25) is 0 Å². The first kappa shape index (κ1) is 24.2. The summed E-state index contributed by atoms with van der Waals surface area (Å²) in [6, 6.07) is 0. The zero-order valence-corrected chi connectivity index (χ0v) is 15.7. The van der Waals surface area contributed by atoms with Crippen LogP contribution in [-0.4, -0.2) is 84.3 Å². The van der Waals surface area contributed by atoms with Crippen molar-refractivity contribution in [3.63, 3.8) is 0 Å². The van der Waals surface area contributed by atoms with Gasteiger partial charge >= 0.3 is 5.97 Å². The second-order valence-corrected chi connectivity index (χ2v) is 7.51. The van der Waals surface area contributed by atoms with Crippen LogP contribution in [0.1, 0.15) is 34.1 Å². The highest BCUT2D eigenvalue weighted by Crippen LogP contribution is 2.24. The Morgan fingerprint density at radius 3 is 1.76 bits per heavy atom. The Balaban J connectivity index is 3.79. The van der Waals surface area contributed by atoms with Gasteiger partial charge in [0.25, 0.3) is 0 Å². The van der Waals surface area contributed by atoms with Crippen LogP contribution < -0.4 is 0 Å². The van der Waals surface area contributed by atoms with E-state index in [-0.39, 0.29) is 50.3 Å². The number of carbonyl (C=O) groups excluding carboxylic acids is 1. The molecule has 4 atom stereocenters. The Hall–Kier alpha value is -0.770. The highest BCUT2D eigenvalue weighted by atomic mass is 16.6. The summed E-state index contributed by atoms with van der Waals surface area (Å²) in [5, 5.41) is 37.0. The van der Waals surface area contributed by atoms with Crippen LogP contribution in [0.4, 0.5) is 0 Å². The summed E-state index contributed by atoms with van der Waals surface area (Å²) < 4.78 is 15.2. The van der Waals surface area contributed by atoms with Gasteiger partial charge in [-0.2, -0.15) is 0 Å². The van der Waals surface area contributed by atoms with Gasteiger partial charge in [-0.05, 0) is 11.8 Å². The van der Waals surface area contributed by atoms with E-state index in [1.807, 2.05) is 20.8 Å². The highest BCUT2D eigenvalue weighted by molar-refractivity contribution is 5.72. The van der Waals surface area contributed by atoms with Crippen LogP contribution in [0.25, 0.3) is 0 Å². The number of ether oxygens (including phenoxy) is 3. The Bertz CT molecular complexity index is 355. The zero-order valence-electron chi connectivity index (χ0n) is 15.7. The Kier molecular flexibility index (Phi) is 12.2. The maximum atomic E-state index is 11.8. The van der Waals surface area contributed by atoms with Crippen molar-refractivity contribution >= 4 is 5.97 Å². The van der Waals surface area contributed by atoms with Gasteiger partial charge in [0.1, 0.15) is 24.9 Å². The van der Waals surface area contributed by atoms with Crippen LogP contribution >= 0.6 is 0 Å². The summed E-state index contributed by atoms with van der Waals surface area (Å²) in [5.74, 6) is -0.605. The minimum Gasteiger partial charge on any atom is -0.463 e. The van der Waals surface area contributed by atoms with Crippen LogP contribution in [0.15, 0.2) is 0 Å². The third-order valence-corrected chi connectivity index (χ3v) is 3.19.